The number of hydrogen-bond donors (Lipinski definition) is 0. The van der Waals surface area contributed by atoms with Gasteiger partial charge in [-0.05, 0) is 103 Å². The highest BCUT2D eigenvalue weighted by Gasteiger charge is 2.50. The minimum atomic E-state index is -0.345. The summed E-state index contributed by atoms with van der Waals surface area (Å²) >= 11 is 0. The highest BCUT2D eigenvalue weighted by molar-refractivity contribution is 5.80. The average Bonchev–Trinajstić information content (AvgIpc) is 3.36. The van der Waals surface area contributed by atoms with Gasteiger partial charge in [0.15, 0.2) is 0 Å². The van der Waals surface area contributed by atoms with Crippen molar-refractivity contribution >= 4 is 16.7 Å². The summed E-state index contributed by atoms with van der Waals surface area (Å²) in [5.41, 5.74) is 3.80. The molecule has 3 unspecified atom stereocenters. The first-order chi connectivity index (χ1) is 21.0. The van der Waals surface area contributed by atoms with Crippen LogP contribution in [0, 0.1) is 35.0 Å². The molecule has 6 nitrogen and oxygen atoms in total. The minimum Gasteiger partial charge on any atom is -0.462 e. The molecule has 1 aromatic heterocycles. The van der Waals surface area contributed by atoms with Crippen LogP contribution in [-0.4, -0.2) is 21.4 Å². The Balaban J connectivity index is 1.42. The van der Waals surface area contributed by atoms with Gasteiger partial charge in [-0.15, -0.1) is 0 Å². The first-order valence-electron chi connectivity index (χ1n) is 17.0. The third-order valence-electron chi connectivity index (χ3n) is 11.9. The van der Waals surface area contributed by atoms with Crippen LogP contribution >= 0.6 is 0 Å². The number of rotatable bonds is 6. The highest BCUT2D eigenvalue weighted by Crippen LogP contribution is 2.60. The van der Waals surface area contributed by atoms with E-state index in [9.17, 15) is 14.4 Å². The van der Waals surface area contributed by atoms with Crippen LogP contribution in [0.1, 0.15) is 99.0 Å². The van der Waals surface area contributed by atoms with Crippen LogP contribution in [0.2, 0.25) is 0 Å². The van der Waals surface area contributed by atoms with Gasteiger partial charge in [0.1, 0.15) is 6.10 Å². The summed E-state index contributed by atoms with van der Waals surface area (Å²) in [5, 5.41) is 0.953. The van der Waals surface area contributed by atoms with Crippen molar-refractivity contribution in [3.63, 3.8) is 0 Å². The maximum atomic E-state index is 14.2. The Bertz CT molecular complexity index is 1650. The summed E-state index contributed by atoms with van der Waals surface area (Å²) < 4.78 is 9.15. The fourth-order valence-electron chi connectivity index (χ4n) is 9.14. The van der Waals surface area contributed by atoms with Gasteiger partial charge in [0.25, 0.3) is 11.1 Å². The SMILES string of the molecule is CC(=O)O[C@@H]1CCC2=C(C1)C(/C=C1\CCC[C@@]3(C)C1CCC3[C@H](C)/C=C/[C@H](C)C(C)C)n1c(=O)c3ccccc3c(=O)n1C2. The number of hydrogen-bond acceptors (Lipinski definition) is 4. The van der Waals surface area contributed by atoms with Gasteiger partial charge in [0, 0.05) is 13.3 Å². The van der Waals surface area contributed by atoms with E-state index < -0.39 is 0 Å². The maximum absolute atomic E-state index is 14.2. The number of benzene rings is 1. The Morgan fingerprint density at radius 2 is 1.73 bits per heavy atom. The number of carbonyl (C=O) groups excluding carboxylic acids is 1. The second kappa shape index (κ2) is 12.0. The fraction of sp³-hybridized carbons (Fsp3) is 0.605. The molecular formula is C38H50N2O4. The molecule has 1 aliphatic heterocycles. The van der Waals surface area contributed by atoms with Crippen LogP contribution in [0.3, 0.4) is 0 Å². The highest BCUT2D eigenvalue weighted by atomic mass is 16.5. The van der Waals surface area contributed by atoms with Crippen molar-refractivity contribution in [2.24, 2.45) is 35.0 Å². The normalized spacial score (nSPS) is 30.8. The maximum Gasteiger partial charge on any atom is 0.302 e. The molecule has 0 N–H and O–H groups in total. The lowest BCUT2D eigenvalue weighted by atomic mass is 9.61. The molecule has 2 fully saturated rings. The molecule has 1 aromatic carbocycles. The van der Waals surface area contributed by atoms with Crippen molar-refractivity contribution in [1.82, 2.24) is 9.36 Å². The molecule has 2 saturated carbocycles. The van der Waals surface area contributed by atoms with E-state index in [1.807, 2.05) is 12.1 Å². The molecule has 0 bridgehead atoms. The summed E-state index contributed by atoms with van der Waals surface area (Å²) in [6, 6.07) is 6.86. The van der Waals surface area contributed by atoms with E-state index in [1.165, 1.54) is 37.3 Å². The molecule has 0 saturated heterocycles. The van der Waals surface area contributed by atoms with Gasteiger partial charge in [0.2, 0.25) is 0 Å². The zero-order chi connectivity index (χ0) is 31.3. The second-order valence-corrected chi connectivity index (χ2v) is 14.8. The summed E-state index contributed by atoms with van der Waals surface area (Å²) in [7, 11) is 0. The number of ether oxygens (including phenoxy) is 1. The van der Waals surface area contributed by atoms with E-state index in [0.717, 1.165) is 31.3 Å². The number of nitrogens with zero attached hydrogens (tertiary/aromatic N) is 2. The van der Waals surface area contributed by atoms with E-state index in [0.29, 0.717) is 53.3 Å². The predicted octanol–water partition coefficient (Wildman–Crippen LogP) is 7.76. The molecule has 2 heterocycles. The molecule has 236 valence electrons. The zero-order valence-corrected chi connectivity index (χ0v) is 27.5. The topological polar surface area (TPSA) is 70.3 Å². The van der Waals surface area contributed by atoms with Gasteiger partial charge in [-0.1, -0.05) is 70.6 Å². The van der Waals surface area contributed by atoms with Gasteiger partial charge in [0.05, 0.1) is 23.4 Å². The lowest BCUT2D eigenvalue weighted by Gasteiger charge is -2.45. The van der Waals surface area contributed by atoms with Crippen LogP contribution in [0.4, 0.5) is 0 Å². The molecule has 4 aliphatic rings. The zero-order valence-electron chi connectivity index (χ0n) is 27.5. The Kier molecular flexibility index (Phi) is 8.40. The number of allylic oxidation sites excluding steroid dienone is 5. The van der Waals surface area contributed by atoms with Crippen LogP contribution in [-0.2, 0) is 16.1 Å². The lowest BCUT2D eigenvalue weighted by molar-refractivity contribution is -0.146. The Hall–Kier alpha value is -3.15. The summed E-state index contributed by atoms with van der Waals surface area (Å²) in [6.45, 7) is 13.7. The van der Waals surface area contributed by atoms with Crippen molar-refractivity contribution in [2.75, 3.05) is 0 Å². The molecule has 44 heavy (non-hydrogen) atoms. The molecular weight excluding hydrogens is 548 g/mol. The number of fused-ring (bicyclic) bond motifs is 3. The van der Waals surface area contributed by atoms with Crippen molar-refractivity contribution in [2.45, 2.75) is 112 Å². The molecule has 0 amide bonds. The Morgan fingerprint density at radius 1 is 1.00 bits per heavy atom. The molecule has 6 rings (SSSR count). The van der Waals surface area contributed by atoms with Gasteiger partial charge in [-0.3, -0.25) is 14.4 Å². The first-order valence-corrected chi connectivity index (χ1v) is 17.0. The molecule has 3 aliphatic carbocycles. The van der Waals surface area contributed by atoms with Crippen LogP contribution in [0.5, 0.6) is 0 Å². The Morgan fingerprint density at radius 3 is 2.43 bits per heavy atom. The summed E-state index contributed by atoms with van der Waals surface area (Å²) in [5.74, 6) is 2.55. The van der Waals surface area contributed by atoms with Gasteiger partial charge >= 0.3 is 5.97 Å². The van der Waals surface area contributed by atoms with Gasteiger partial charge in [-0.25, -0.2) is 9.36 Å². The van der Waals surface area contributed by atoms with E-state index in [2.05, 4.69) is 52.8 Å². The second-order valence-electron chi connectivity index (χ2n) is 14.8. The molecule has 0 radical (unpaired) electrons. The average molecular weight is 599 g/mol. The number of carbonyl (C=O) groups is 1. The lowest BCUT2D eigenvalue weighted by Crippen LogP contribution is -2.46. The minimum absolute atomic E-state index is 0.108. The third-order valence-corrected chi connectivity index (χ3v) is 11.9. The number of esters is 1. The standard InChI is InChI=1S/C38H50N2O4/c1-23(2)24(3)13-14-25(4)33-17-18-34-27(10-9-19-38(33,34)6)20-35-32-21-29(44-26(5)41)16-15-28(32)22-39-36(42)30-11-7-8-12-31(30)37(43)40(35)39/h7-8,11-14,20,23-25,29,33-35H,9-10,15-19,21-22H2,1-6H3/b14-13+,27-20+/t24-,25+,29+,33?,34?,35?,38+/m0/s1. The van der Waals surface area contributed by atoms with Gasteiger partial charge in [-0.2, -0.15) is 0 Å². The van der Waals surface area contributed by atoms with Crippen molar-refractivity contribution < 1.29 is 9.53 Å². The predicted molar refractivity (Wildman–Crippen MR) is 176 cm³/mol. The van der Waals surface area contributed by atoms with E-state index in [-0.39, 0.29) is 34.6 Å². The van der Waals surface area contributed by atoms with E-state index >= 15 is 0 Å². The fourth-order valence-corrected chi connectivity index (χ4v) is 9.14. The van der Waals surface area contributed by atoms with Crippen molar-refractivity contribution in [3.05, 3.63) is 79.9 Å². The van der Waals surface area contributed by atoms with E-state index in [4.69, 9.17) is 4.74 Å². The monoisotopic (exact) mass is 598 g/mol. The Labute approximate surface area is 261 Å². The molecule has 2 aromatic rings. The van der Waals surface area contributed by atoms with Crippen LogP contribution in [0.25, 0.3) is 10.8 Å². The smallest absolute Gasteiger partial charge is 0.302 e. The first kappa shape index (κ1) is 30.9. The third kappa shape index (κ3) is 5.37. The van der Waals surface area contributed by atoms with Crippen molar-refractivity contribution in [3.8, 4) is 0 Å². The molecule has 6 heteroatoms. The van der Waals surface area contributed by atoms with Gasteiger partial charge < -0.3 is 4.74 Å². The van der Waals surface area contributed by atoms with E-state index in [1.54, 1.807) is 21.5 Å². The van der Waals surface area contributed by atoms with Crippen molar-refractivity contribution in [1.29, 1.82) is 0 Å². The molecule has 0 spiro atoms. The summed E-state index contributed by atoms with van der Waals surface area (Å²) in [6.07, 6.45) is 15.0. The molecule has 7 atom stereocenters. The quantitative estimate of drug-likeness (QED) is 0.252. The van der Waals surface area contributed by atoms with Crippen LogP contribution in [0.15, 0.2) is 68.8 Å². The number of aromatic nitrogens is 2. The summed E-state index contributed by atoms with van der Waals surface area (Å²) in [4.78, 5) is 39.9. The largest absolute Gasteiger partial charge is 0.462 e. The van der Waals surface area contributed by atoms with Crippen LogP contribution < -0.4 is 11.1 Å².